The van der Waals surface area contributed by atoms with Gasteiger partial charge in [0.05, 0.1) is 7.11 Å². The molecular weight excluding hydrogens is 408 g/mol. The van der Waals surface area contributed by atoms with Crippen LogP contribution in [0.15, 0.2) is 54.6 Å². The van der Waals surface area contributed by atoms with E-state index in [1.54, 1.807) is 29.2 Å². The van der Waals surface area contributed by atoms with Crippen molar-refractivity contribution >= 4 is 17.8 Å². The van der Waals surface area contributed by atoms with E-state index in [2.05, 4.69) is 5.32 Å². The van der Waals surface area contributed by atoms with Crippen molar-refractivity contribution in [2.24, 2.45) is 0 Å². The summed E-state index contributed by atoms with van der Waals surface area (Å²) in [5.41, 5.74) is 1.08. The first-order valence-electron chi connectivity index (χ1n) is 10.7. The molecule has 2 aromatic rings. The van der Waals surface area contributed by atoms with Gasteiger partial charge in [0.1, 0.15) is 11.8 Å². The van der Waals surface area contributed by atoms with Gasteiger partial charge < -0.3 is 19.7 Å². The van der Waals surface area contributed by atoms with E-state index in [1.165, 1.54) is 7.11 Å². The van der Waals surface area contributed by atoms with Crippen molar-refractivity contribution in [3.63, 3.8) is 0 Å². The fourth-order valence-corrected chi connectivity index (χ4v) is 4.14. The number of hydrogen-bond acceptors (Lipinski definition) is 5. The highest BCUT2D eigenvalue weighted by molar-refractivity contribution is 5.97. The topological polar surface area (TPSA) is 84.9 Å². The first-order valence-corrected chi connectivity index (χ1v) is 10.7. The predicted molar refractivity (Wildman–Crippen MR) is 120 cm³/mol. The third-order valence-corrected chi connectivity index (χ3v) is 5.49. The van der Waals surface area contributed by atoms with E-state index in [0.29, 0.717) is 17.5 Å². The summed E-state index contributed by atoms with van der Waals surface area (Å²) < 4.78 is 10.9. The zero-order valence-corrected chi connectivity index (χ0v) is 19.1. The third-order valence-electron chi connectivity index (χ3n) is 5.49. The van der Waals surface area contributed by atoms with Gasteiger partial charge in [-0.05, 0) is 51.0 Å². The molecule has 3 rings (SSSR count). The van der Waals surface area contributed by atoms with Crippen LogP contribution in [0.5, 0.6) is 0 Å². The Balaban J connectivity index is 1.80. The Morgan fingerprint density at radius 2 is 1.81 bits per heavy atom. The summed E-state index contributed by atoms with van der Waals surface area (Å²) in [7, 11) is 1.29. The Hall–Kier alpha value is -3.19. The molecule has 170 valence electrons. The molecule has 0 bridgehead atoms. The van der Waals surface area contributed by atoms with Crippen LogP contribution in [0.1, 0.15) is 55.3 Å². The zero-order chi connectivity index (χ0) is 23.5. The average molecular weight is 439 g/mol. The Kier molecular flexibility index (Phi) is 6.99. The number of amides is 2. The van der Waals surface area contributed by atoms with Crippen LogP contribution in [0, 0.1) is 0 Å². The minimum Gasteiger partial charge on any atom is -0.467 e. The Morgan fingerprint density at radius 3 is 2.41 bits per heavy atom. The fourth-order valence-electron chi connectivity index (χ4n) is 4.14. The van der Waals surface area contributed by atoms with Gasteiger partial charge >= 0.3 is 5.97 Å². The van der Waals surface area contributed by atoms with E-state index in [4.69, 9.17) is 9.47 Å². The molecule has 1 saturated heterocycles. The van der Waals surface area contributed by atoms with Crippen LogP contribution in [-0.2, 0) is 25.5 Å². The normalized spacial score (nSPS) is 18.5. The van der Waals surface area contributed by atoms with E-state index < -0.39 is 29.7 Å². The molecule has 0 aromatic heterocycles. The Bertz CT molecular complexity index is 987. The third kappa shape index (κ3) is 4.99. The maximum Gasteiger partial charge on any atom is 0.328 e. The number of methoxy groups -OCH3 is 1. The van der Waals surface area contributed by atoms with Gasteiger partial charge in [-0.1, -0.05) is 42.5 Å². The molecule has 0 spiro atoms. The number of benzene rings is 2. The molecule has 7 nitrogen and oxygen atoms in total. The van der Waals surface area contributed by atoms with Gasteiger partial charge in [-0.25, -0.2) is 4.79 Å². The molecule has 0 unspecified atom stereocenters. The van der Waals surface area contributed by atoms with Crippen LogP contribution in [0.2, 0.25) is 0 Å². The summed E-state index contributed by atoms with van der Waals surface area (Å²) in [5, 5.41) is 2.76. The maximum absolute atomic E-state index is 13.0. The van der Waals surface area contributed by atoms with E-state index in [0.717, 1.165) is 5.56 Å². The number of carbonyl (C=O) groups is 3. The van der Waals surface area contributed by atoms with Gasteiger partial charge in [0, 0.05) is 18.0 Å². The second-order valence-electron chi connectivity index (χ2n) is 8.61. The minimum atomic E-state index is -0.835. The van der Waals surface area contributed by atoms with Crippen LogP contribution in [0.25, 0.3) is 0 Å². The molecule has 2 aromatic carbocycles. The first kappa shape index (κ1) is 23.5. The van der Waals surface area contributed by atoms with Crippen molar-refractivity contribution in [3.8, 4) is 0 Å². The van der Waals surface area contributed by atoms with Crippen LogP contribution >= 0.6 is 0 Å². The van der Waals surface area contributed by atoms with Gasteiger partial charge in [0.15, 0.2) is 6.10 Å². The largest absolute Gasteiger partial charge is 0.467 e. The van der Waals surface area contributed by atoms with Gasteiger partial charge in [-0.3, -0.25) is 9.59 Å². The van der Waals surface area contributed by atoms with Gasteiger partial charge in [0.25, 0.3) is 11.8 Å². The zero-order valence-electron chi connectivity index (χ0n) is 19.1. The molecule has 0 aliphatic carbocycles. The number of nitrogens with one attached hydrogen (secondary N) is 1. The van der Waals surface area contributed by atoms with Crippen molar-refractivity contribution in [2.75, 3.05) is 7.11 Å². The number of hydrogen-bond donors (Lipinski definition) is 1. The molecule has 32 heavy (non-hydrogen) atoms. The molecule has 1 aliphatic heterocycles. The second-order valence-corrected chi connectivity index (χ2v) is 8.61. The van der Waals surface area contributed by atoms with Gasteiger partial charge in [-0.15, -0.1) is 0 Å². The smallest absolute Gasteiger partial charge is 0.328 e. The minimum absolute atomic E-state index is 0.0206. The highest BCUT2D eigenvalue weighted by Crippen LogP contribution is 2.38. The monoisotopic (exact) mass is 438 g/mol. The summed E-state index contributed by atoms with van der Waals surface area (Å²) in [6.07, 6.45) is -0.485. The van der Waals surface area contributed by atoms with Crippen molar-refractivity contribution in [3.05, 3.63) is 71.3 Å². The van der Waals surface area contributed by atoms with Gasteiger partial charge in [0.2, 0.25) is 0 Å². The lowest BCUT2D eigenvalue weighted by Gasteiger charge is -2.32. The quantitative estimate of drug-likeness (QED) is 0.671. The van der Waals surface area contributed by atoms with Crippen LogP contribution in [0.3, 0.4) is 0 Å². The van der Waals surface area contributed by atoms with Crippen molar-refractivity contribution in [1.29, 1.82) is 0 Å². The lowest BCUT2D eigenvalue weighted by molar-refractivity contribution is -0.142. The first-order chi connectivity index (χ1) is 15.1. The molecule has 1 aliphatic rings. The van der Waals surface area contributed by atoms with Crippen LogP contribution in [0.4, 0.5) is 0 Å². The summed E-state index contributed by atoms with van der Waals surface area (Å²) in [6.45, 7) is 7.59. The SMILES string of the molecule is COC(=O)[C@H](Cc1ccccc1)NC(=O)c1cccc([C@@H]2OC(C)(C)N(C(C)C)C2=O)c1. The summed E-state index contributed by atoms with van der Waals surface area (Å²) in [4.78, 5) is 39.9. The number of esters is 1. The molecule has 1 heterocycles. The van der Waals surface area contributed by atoms with E-state index in [1.807, 2.05) is 58.0 Å². The van der Waals surface area contributed by atoms with E-state index in [9.17, 15) is 14.4 Å². The predicted octanol–water partition coefficient (Wildman–Crippen LogP) is 3.25. The molecule has 1 N–H and O–H groups in total. The van der Waals surface area contributed by atoms with Crippen LogP contribution in [-0.4, -0.2) is 47.6 Å². The highest BCUT2D eigenvalue weighted by atomic mass is 16.6. The maximum atomic E-state index is 13.0. The molecule has 2 amide bonds. The Morgan fingerprint density at radius 1 is 1.12 bits per heavy atom. The van der Waals surface area contributed by atoms with E-state index in [-0.39, 0.29) is 11.9 Å². The number of rotatable bonds is 7. The van der Waals surface area contributed by atoms with Crippen molar-refractivity contribution < 1.29 is 23.9 Å². The lowest BCUT2D eigenvalue weighted by Crippen LogP contribution is -2.46. The van der Waals surface area contributed by atoms with Crippen molar-refractivity contribution in [2.45, 2.75) is 58.0 Å². The highest BCUT2D eigenvalue weighted by Gasteiger charge is 2.47. The number of ether oxygens (including phenoxy) is 2. The van der Waals surface area contributed by atoms with Gasteiger partial charge in [-0.2, -0.15) is 0 Å². The van der Waals surface area contributed by atoms with E-state index >= 15 is 0 Å². The molecule has 0 saturated carbocycles. The summed E-state index contributed by atoms with van der Waals surface area (Å²) in [6, 6.07) is 15.3. The standard InChI is InChI=1S/C25H30N2O5/c1-16(2)27-23(29)21(32-25(27,3)4)18-12-9-13-19(15-18)22(28)26-20(24(30)31-5)14-17-10-7-6-8-11-17/h6-13,15-16,20-21H,14H2,1-5H3,(H,26,28)/t20-,21-/m0/s1. The average Bonchev–Trinajstić information content (AvgIpc) is 3.02. The summed E-state index contributed by atoms with van der Waals surface area (Å²) >= 11 is 0. The molecule has 0 radical (unpaired) electrons. The lowest BCUT2D eigenvalue weighted by atomic mass is 10.0. The number of carbonyl (C=O) groups excluding carboxylic acids is 3. The second kappa shape index (κ2) is 9.53. The number of nitrogens with zero attached hydrogens (tertiary/aromatic N) is 1. The molecule has 2 atom stereocenters. The molecule has 1 fully saturated rings. The van der Waals surface area contributed by atoms with Crippen molar-refractivity contribution in [1.82, 2.24) is 10.2 Å². The van der Waals surface area contributed by atoms with Crippen LogP contribution < -0.4 is 5.32 Å². The fraction of sp³-hybridized carbons (Fsp3) is 0.400. The summed E-state index contributed by atoms with van der Waals surface area (Å²) in [5.74, 6) is -1.09. The molecular formula is C25H30N2O5. The molecule has 7 heteroatoms. The Labute approximate surface area is 188 Å².